The molecule has 2 aromatic carbocycles. The first-order valence-electron chi connectivity index (χ1n) is 7.59. The number of anilines is 1. The van der Waals surface area contributed by atoms with Gasteiger partial charge < -0.3 is 9.13 Å². The van der Waals surface area contributed by atoms with E-state index in [1.807, 2.05) is 0 Å². The van der Waals surface area contributed by atoms with Gasteiger partial charge in [-0.1, -0.05) is 12.1 Å². The summed E-state index contributed by atoms with van der Waals surface area (Å²) >= 11 is 0. The van der Waals surface area contributed by atoms with E-state index in [4.69, 9.17) is 0 Å². The van der Waals surface area contributed by atoms with Gasteiger partial charge in [-0.3, -0.25) is 19.2 Å². The van der Waals surface area contributed by atoms with Crippen LogP contribution in [0.5, 0.6) is 0 Å². The van der Waals surface area contributed by atoms with Crippen molar-refractivity contribution in [2.45, 2.75) is 0 Å². The van der Waals surface area contributed by atoms with E-state index in [0.717, 1.165) is 4.90 Å². The zero-order chi connectivity index (χ0) is 17.9. The molecular formula is C18H13N3O4. The Balaban J connectivity index is 1.95. The molecule has 0 bridgehead atoms. The van der Waals surface area contributed by atoms with Gasteiger partial charge in [-0.05, 0) is 30.3 Å². The van der Waals surface area contributed by atoms with Gasteiger partial charge in [0.2, 0.25) is 0 Å². The smallest absolute Gasteiger partial charge is 0.305 e. The van der Waals surface area contributed by atoms with E-state index < -0.39 is 22.9 Å². The zero-order valence-electron chi connectivity index (χ0n) is 13.5. The molecule has 124 valence electrons. The minimum absolute atomic E-state index is 0.349. The monoisotopic (exact) mass is 335 g/mol. The maximum absolute atomic E-state index is 12.6. The third-order valence-corrected chi connectivity index (χ3v) is 4.53. The highest BCUT2D eigenvalue weighted by atomic mass is 16.2. The summed E-state index contributed by atoms with van der Waals surface area (Å²) in [6.07, 6.45) is 0. The first kappa shape index (κ1) is 15.1. The first-order chi connectivity index (χ1) is 11.9. The lowest BCUT2D eigenvalue weighted by atomic mass is 10.1. The molecule has 1 aliphatic rings. The fourth-order valence-corrected chi connectivity index (χ4v) is 3.13. The van der Waals surface area contributed by atoms with Crippen molar-refractivity contribution in [3.63, 3.8) is 0 Å². The Hall–Kier alpha value is -3.48. The predicted molar refractivity (Wildman–Crippen MR) is 92.0 cm³/mol. The number of nitrogens with zero attached hydrogens (tertiary/aromatic N) is 3. The molecule has 0 atom stereocenters. The Bertz CT molecular complexity index is 1170. The molecule has 2 amide bonds. The van der Waals surface area contributed by atoms with Crippen molar-refractivity contribution in [1.29, 1.82) is 0 Å². The number of aryl methyl sites for hydroxylation is 2. The molecule has 0 N–H and O–H groups in total. The normalized spacial score (nSPS) is 13.6. The summed E-state index contributed by atoms with van der Waals surface area (Å²) in [7, 11) is 2.99. The average molecular weight is 335 g/mol. The van der Waals surface area contributed by atoms with Crippen LogP contribution in [0.25, 0.3) is 11.0 Å². The van der Waals surface area contributed by atoms with Gasteiger partial charge >= 0.3 is 11.1 Å². The second-order valence-electron chi connectivity index (χ2n) is 5.89. The molecule has 0 unspecified atom stereocenters. The molecule has 4 rings (SSSR count). The quantitative estimate of drug-likeness (QED) is 0.491. The highest BCUT2D eigenvalue weighted by molar-refractivity contribution is 6.34. The Morgan fingerprint density at radius 2 is 1.20 bits per heavy atom. The summed E-state index contributed by atoms with van der Waals surface area (Å²) in [5.41, 5.74) is 0.739. The number of rotatable bonds is 1. The fraction of sp³-hybridized carbons (Fsp3) is 0.111. The third kappa shape index (κ3) is 1.92. The van der Waals surface area contributed by atoms with E-state index in [1.54, 1.807) is 42.5 Å². The van der Waals surface area contributed by atoms with Gasteiger partial charge in [-0.25, -0.2) is 4.90 Å². The molecule has 0 radical (unpaired) electrons. The van der Waals surface area contributed by atoms with E-state index in [-0.39, 0.29) is 0 Å². The molecule has 0 aliphatic carbocycles. The molecule has 0 spiro atoms. The minimum Gasteiger partial charge on any atom is -0.305 e. The number of carbonyl (C=O) groups is 2. The van der Waals surface area contributed by atoms with Crippen molar-refractivity contribution < 1.29 is 9.59 Å². The van der Waals surface area contributed by atoms with Crippen LogP contribution in [0.15, 0.2) is 52.1 Å². The number of carbonyl (C=O) groups excluding carboxylic acids is 2. The topological polar surface area (TPSA) is 81.4 Å². The van der Waals surface area contributed by atoms with Crippen LogP contribution in [0, 0.1) is 0 Å². The fourth-order valence-electron chi connectivity index (χ4n) is 3.13. The summed E-state index contributed by atoms with van der Waals surface area (Å²) in [5, 5.41) is 0. The molecule has 7 nitrogen and oxygen atoms in total. The summed E-state index contributed by atoms with van der Waals surface area (Å²) in [6.45, 7) is 0. The highest BCUT2D eigenvalue weighted by Crippen LogP contribution is 2.29. The lowest BCUT2D eigenvalue weighted by Crippen LogP contribution is -2.39. The van der Waals surface area contributed by atoms with Crippen LogP contribution in [0.2, 0.25) is 0 Å². The third-order valence-electron chi connectivity index (χ3n) is 4.53. The van der Waals surface area contributed by atoms with Crippen molar-refractivity contribution >= 4 is 28.5 Å². The SMILES string of the molecule is Cn1c(=O)c(=O)n(C)c2cc(N3C(=O)c4ccccc4C3=O)ccc21. The number of imide groups is 1. The largest absolute Gasteiger partial charge is 0.316 e. The number of hydrogen-bond donors (Lipinski definition) is 0. The molecule has 25 heavy (non-hydrogen) atoms. The van der Waals surface area contributed by atoms with Crippen LogP contribution < -0.4 is 16.0 Å². The van der Waals surface area contributed by atoms with E-state index in [0.29, 0.717) is 27.8 Å². The van der Waals surface area contributed by atoms with Crippen molar-refractivity contribution in [1.82, 2.24) is 9.13 Å². The van der Waals surface area contributed by atoms with Crippen LogP contribution >= 0.6 is 0 Å². The number of fused-ring (bicyclic) bond motifs is 2. The number of hydrogen-bond acceptors (Lipinski definition) is 4. The Labute approximate surface area is 141 Å². The average Bonchev–Trinajstić information content (AvgIpc) is 2.89. The van der Waals surface area contributed by atoms with Crippen molar-refractivity contribution in [3.05, 3.63) is 74.3 Å². The molecule has 0 fully saturated rings. The molecular weight excluding hydrogens is 322 g/mol. The molecule has 2 heterocycles. The molecule has 3 aromatic rings. The van der Waals surface area contributed by atoms with Crippen molar-refractivity contribution in [2.24, 2.45) is 14.1 Å². The summed E-state index contributed by atoms with van der Waals surface area (Å²) in [4.78, 5) is 50.2. The summed E-state index contributed by atoms with van der Waals surface area (Å²) < 4.78 is 2.48. The maximum atomic E-state index is 12.6. The van der Waals surface area contributed by atoms with Gasteiger partial charge in [0.05, 0.1) is 27.8 Å². The standard InChI is InChI=1S/C18H13N3O4/c1-19-13-8-7-10(9-14(13)20(2)18(25)17(19)24)21-15(22)11-5-3-4-6-12(11)16(21)23/h3-9H,1-2H3. The number of aromatic nitrogens is 2. The lowest BCUT2D eigenvalue weighted by Gasteiger charge is -2.16. The van der Waals surface area contributed by atoms with E-state index in [1.165, 1.54) is 23.2 Å². The van der Waals surface area contributed by atoms with Gasteiger partial charge in [0.25, 0.3) is 11.8 Å². The van der Waals surface area contributed by atoms with Crippen molar-refractivity contribution in [3.8, 4) is 0 Å². The number of amides is 2. The molecule has 7 heteroatoms. The van der Waals surface area contributed by atoms with Crippen LogP contribution in [-0.4, -0.2) is 20.9 Å². The second kappa shape index (κ2) is 5.01. The lowest BCUT2D eigenvalue weighted by molar-refractivity contribution is 0.0926. The van der Waals surface area contributed by atoms with Crippen LogP contribution in [0.3, 0.4) is 0 Å². The first-order valence-corrected chi connectivity index (χ1v) is 7.59. The molecule has 1 aromatic heterocycles. The zero-order valence-corrected chi connectivity index (χ0v) is 13.5. The Morgan fingerprint density at radius 1 is 0.680 bits per heavy atom. The second-order valence-corrected chi connectivity index (χ2v) is 5.89. The van der Waals surface area contributed by atoms with E-state index >= 15 is 0 Å². The molecule has 0 saturated carbocycles. The maximum Gasteiger partial charge on any atom is 0.316 e. The van der Waals surface area contributed by atoms with Gasteiger partial charge in [0.15, 0.2) is 0 Å². The van der Waals surface area contributed by atoms with Crippen LogP contribution in [0.4, 0.5) is 5.69 Å². The van der Waals surface area contributed by atoms with Gasteiger partial charge in [-0.15, -0.1) is 0 Å². The number of benzene rings is 2. The summed E-state index contributed by atoms with van der Waals surface area (Å²) in [5.74, 6) is -0.815. The van der Waals surface area contributed by atoms with E-state index in [9.17, 15) is 19.2 Å². The van der Waals surface area contributed by atoms with Crippen molar-refractivity contribution in [2.75, 3.05) is 4.90 Å². The highest BCUT2D eigenvalue weighted by Gasteiger charge is 2.36. The Morgan fingerprint density at radius 3 is 1.76 bits per heavy atom. The van der Waals surface area contributed by atoms with E-state index in [2.05, 4.69) is 0 Å². The molecule has 0 saturated heterocycles. The van der Waals surface area contributed by atoms with Gasteiger partial charge in [-0.2, -0.15) is 0 Å². The summed E-state index contributed by atoms with van der Waals surface area (Å²) in [6, 6.07) is 11.4. The van der Waals surface area contributed by atoms with Gasteiger partial charge in [0, 0.05) is 14.1 Å². The Kier molecular flexibility index (Phi) is 3.02. The molecule has 1 aliphatic heterocycles. The minimum atomic E-state index is -0.672. The predicted octanol–water partition coefficient (Wildman–Crippen LogP) is 1.04. The van der Waals surface area contributed by atoms with Gasteiger partial charge in [0.1, 0.15) is 0 Å². The van der Waals surface area contributed by atoms with Crippen LogP contribution in [0.1, 0.15) is 20.7 Å². The van der Waals surface area contributed by atoms with Crippen LogP contribution in [-0.2, 0) is 14.1 Å².